The largest absolute Gasteiger partial charge is 0.508 e. The third-order valence-corrected chi connectivity index (χ3v) is 4.93. The van der Waals surface area contributed by atoms with Crippen LogP contribution in [-0.4, -0.2) is 23.4 Å². The number of carbonyl (C=O) groups excluding carboxylic acids is 1. The molecule has 3 N–H and O–H groups in total. The molecule has 1 amide bonds. The Labute approximate surface area is 175 Å². The highest BCUT2D eigenvalue weighted by molar-refractivity contribution is 5.67. The lowest BCUT2D eigenvalue weighted by molar-refractivity contribution is 0.140. The highest BCUT2D eigenvalue weighted by Crippen LogP contribution is 2.36. The quantitative estimate of drug-likeness (QED) is 0.316. The molecule has 0 aliphatic heterocycles. The number of benzene rings is 1. The molecule has 0 spiro atoms. The van der Waals surface area contributed by atoms with E-state index in [1.54, 1.807) is 6.07 Å². The molecule has 0 radical (unpaired) electrons. The van der Waals surface area contributed by atoms with Crippen LogP contribution in [0.5, 0.6) is 11.5 Å². The van der Waals surface area contributed by atoms with Crippen LogP contribution >= 0.6 is 0 Å². The van der Waals surface area contributed by atoms with Gasteiger partial charge in [-0.3, -0.25) is 0 Å². The average Bonchev–Trinajstić information content (AvgIpc) is 2.66. The molecule has 0 aromatic heterocycles. The molecule has 5 nitrogen and oxygen atoms in total. The standard InChI is InChI=1S/C24H37NO4/c1-6-7-8-12-19-15-22(26)20(14-13-18(4)11-9-10-17(2)3)23(27)21(19)16-29-24(28)25-5/h10,13,15,26-27H,6-9,11-12,14,16H2,1-5H3,(H,25,28). The summed E-state index contributed by atoms with van der Waals surface area (Å²) in [5.41, 5.74) is 4.38. The van der Waals surface area contributed by atoms with E-state index >= 15 is 0 Å². The monoisotopic (exact) mass is 403 g/mol. The average molecular weight is 404 g/mol. The van der Waals surface area contributed by atoms with Crippen molar-refractivity contribution < 1.29 is 19.7 Å². The Kier molecular flexibility index (Phi) is 11.0. The Balaban J connectivity index is 3.07. The number of hydrogen-bond acceptors (Lipinski definition) is 4. The first-order valence-corrected chi connectivity index (χ1v) is 10.5. The van der Waals surface area contributed by atoms with E-state index in [9.17, 15) is 15.0 Å². The molecule has 0 fully saturated rings. The van der Waals surface area contributed by atoms with Gasteiger partial charge in [0.2, 0.25) is 0 Å². The normalized spacial score (nSPS) is 11.3. The minimum Gasteiger partial charge on any atom is -0.508 e. The van der Waals surface area contributed by atoms with Gasteiger partial charge in [-0.05, 0) is 64.5 Å². The summed E-state index contributed by atoms with van der Waals surface area (Å²) in [6.45, 7) is 8.32. The lowest BCUT2D eigenvalue weighted by Crippen LogP contribution is -2.19. The minimum atomic E-state index is -0.548. The van der Waals surface area contributed by atoms with Gasteiger partial charge in [0.25, 0.3) is 0 Å². The maximum atomic E-state index is 11.5. The van der Waals surface area contributed by atoms with Gasteiger partial charge in [-0.25, -0.2) is 4.79 Å². The summed E-state index contributed by atoms with van der Waals surface area (Å²) >= 11 is 0. The van der Waals surface area contributed by atoms with Crippen molar-refractivity contribution in [3.8, 4) is 11.5 Å². The van der Waals surface area contributed by atoms with Crippen molar-refractivity contribution in [1.29, 1.82) is 0 Å². The lowest BCUT2D eigenvalue weighted by atomic mass is 9.95. The van der Waals surface area contributed by atoms with E-state index in [2.05, 4.69) is 39.1 Å². The number of phenols is 2. The number of nitrogens with one attached hydrogen (secondary N) is 1. The molecule has 1 aromatic carbocycles. The molecule has 0 bridgehead atoms. The topological polar surface area (TPSA) is 78.8 Å². The van der Waals surface area contributed by atoms with Gasteiger partial charge in [-0.2, -0.15) is 0 Å². The van der Waals surface area contributed by atoms with Crippen molar-refractivity contribution in [2.24, 2.45) is 0 Å². The van der Waals surface area contributed by atoms with Gasteiger partial charge in [-0.1, -0.05) is 43.1 Å². The van der Waals surface area contributed by atoms with E-state index in [1.165, 1.54) is 18.2 Å². The van der Waals surface area contributed by atoms with Gasteiger partial charge in [0.05, 0.1) is 0 Å². The fourth-order valence-electron chi connectivity index (χ4n) is 3.12. The molecular formula is C24H37NO4. The number of phenolic OH excluding ortho intramolecular Hbond substituents is 2. The Hall–Kier alpha value is -2.43. The number of aryl methyl sites for hydroxylation is 1. The molecule has 29 heavy (non-hydrogen) atoms. The summed E-state index contributed by atoms with van der Waals surface area (Å²) in [4.78, 5) is 11.5. The molecule has 0 unspecified atom stereocenters. The molecule has 0 aliphatic carbocycles. The van der Waals surface area contributed by atoms with Crippen molar-refractivity contribution in [2.75, 3.05) is 7.05 Å². The van der Waals surface area contributed by atoms with Gasteiger partial charge in [0.1, 0.15) is 18.1 Å². The smallest absolute Gasteiger partial charge is 0.407 e. The number of ether oxygens (including phenoxy) is 1. The molecule has 1 rings (SSSR count). The van der Waals surface area contributed by atoms with Crippen LogP contribution < -0.4 is 5.32 Å². The molecule has 5 heteroatoms. The number of hydrogen-bond donors (Lipinski definition) is 3. The predicted octanol–water partition coefficient (Wildman–Crippen LogP) is 5.92. The first kappa shape index (κ1) is 24.6. The van der Waals surface area contributed by atoms with Crippen molar-refractivity contribution in [3.05, 3.63) is 46.1 Å². The molecular weight excluding hydrogens is 366 g/mol. The van der Waals surface area contributed by atoms with Crippen LogP contribution in [0.15, 0.2) is 29.4 Å². The van der Waals surface area contributed by atoms with E-state index in [0.717, 1.165) is 44.1 Å². The summed E-state index contributed by atoms with van der Waals surface area (Å²) in [5, 5.41) is 23.8. The SMILES string of the molecule is CCCCCc1cc(O)c(CC=C(C)CCC=C(C)C)c(O)c1COC(=O)NC. The van der Waals surface area contributed by atoms with Crippen molar-refractivity contribution >= 4 is 6.09 Å². The van der Waals surface area contributed by atoms with E-state index in [0.29, 0.717) is 17.5 Å². The Morgan fingerprint density at radius 1 is 1.14 bits per heavy atom. The van der Waals surface area contributed by atoms with E-state index in [4.69, 9.17) is 4.74 Å². The minimum absolute atomic E-state index is 0.0220. The second-order valence-electron chi connectivity index (χ2n) is 7.72. The Bertz CT molecular complexity index is 731. The van der Waals surface area contributed by atoms with Crippen molar-refractivity contribution in [2.45, 2.75) is 79.2 Å². The van der Waals surface area contributed by atoms with Crippen LogP contribution in [0.2, 0.25) is 0 Å². The lowest BCUT2D eigenvalue weighted by Gasteiger charge is -2.16. The number of carbonyl (C=O) groups is 1. The van der Waals surface area contributed by atoms with E-state index < -0.39 is 6.09 Å². The summed E-state index contributed by atoms with van der Waals surface area (Å²) in [7, 11) is 1.50. The summed E-state index contributed by atoms with van der Waals surface area (Å²) in [6, 6.07) is 1.71. The summed E-state index contributed by atoms with van der Waals surface area (Å²) in [6.07, 6.45) is 9.85. The zero-order chi connectivity index (χ0) is 21.8. The zero-order valence-electron chi connectivity index (χ0n) is 18.6. The van der Waals surface area contributed by atoms with Crippen LogP contribution in [0.1, 0.15) is 76.5 Å². The number of aromatic hydroxyl groups is 2. The number of unbranched alkanes of at least 4 members (excludes halogenated alkanes) is 2. The van der Waals surface area contributed by atoms with Gasteiger partial charge < -0.3 is 20.3 Å². The maximum Gasteiger partial charge on any atom is 0.407 e. The highest BCUT2D eigenvalue weighted by Gasteiger charge is 2.18. The van der Waals surface area contributed by atoms with Crippen LogP contribution in [-0.2, 0) is 24.2 Å². The number of amides is 1. The van der Waals surface area contributed by atoms with Crippen molar-refractivity contribution in [3.63, 3.8) is 0 Å². The van der Waals surface area contributed by atoms with Gasteiger partial charge >= 0.3 is 6.09 Å². The fourth-order valence-corrected chi connectivity index (χ4v) is 3.12. The second kappa shape index (κ2) is 12.9. The second-order valence-corrected chi connectivity index (χ2v) is 7.72. The molecule has 0 heterocycles. The number of alkyl carbamates (subject to hydrolysis) is 1. The predicted molar refractivity (Wildman–Crippen MR) is 118 cm³/mol. The van der Waals surface area contributed by atoms with E-state index in [1.807, 2.05) is 6.08 Å². The van der Waals surface area contributed by atoms with Crippen LogP contribution in [0, 0.1) is 0 Å². The molecule has 0 aliphatic rings. The van der Waals surface area contributed by atoms with Gasteiger partial charge in [-0.15, -0.1) is 0 Å². The van der Waals surface area contributed by atoms with Crippen LogP contribution in [0.25, 0.3) is 0 Å². The molecule has 1 aromatic rings. The van der Waals surface area contributed by atoms with Gasteiger partial charge in [0.15, 0.2) is 0 Å². The first-order chi connectivity index (χ1) is 13.8. The molecule has 0 saturated carbocycles. The maximum absolute atomic E-state index is 11.5. The van der Waals surface area contributed by atoms with Crippen LogP contribution in [0.3, 0.4) is 0 Å². The number of rotatable bonds is 11. The fraction of sp³-hybridized carbons (Fsp3) is 0.542. The summed E-state index contributed by atoms with van der Waals surface area (Å²) in [5.74, 6) is 0.111. The Morgan fingerprint density at radius 3 is 2.48 bits per heavy atom. The first-order valence-electron chi connectivity index (χ1n) is 10.5. The molecule has 0 saturated heterocycles. The van der Waals surface area contributed by atoms with E-state index in [-0.39, 0.29) is 18.1 Å². The summed E-state index contributed by atoms with van der Waals surface area (Å²) < 4.78 is 5.19. The van der Waals surface area contributed by atoms with Crippen molar-refractivity contribution in [1.82, 2.24) is 5.32 Å². The third kappa shape index (κ3) is 8.63. The zero-order valence-corrected chi connectivity index (χ0v) is 18.6. The highest BCUT2D eigenvalue weighted by atomic mass is 16.5. The van der Waals surface area contributed by atoms with Gasteiger partial charge in [0, 0.05) is 18.2 Å². The molecule has 162 valence electrons. The molecule has 0 atom stereocenters. The third-order valence-electron chi connectivity index (χ3n) is 4.93. The van der Waals surface area contributed by atoms with Crippen LogP contribution in [0.4, 0.5) is 4.79 Å². The number of allylic oxidation sites excluding steroid dienone is 4. The Morgan fingerprint density at radius 2 is 1.86 bits per heavy atom.